The molecule has 0 spiro atoms. The van der Waals surface area contributed by atoms with Gasteiger partial charge in [0, 0.05) is 19.3 Å². The number of esters is 3. The molecule has 1 fully saturated rings. The molecule has 6 atom stereocenters. The summed E-state index contributed by atoms with van der Waals surface area (Å²) in [5, 5.41) is 31.3. The second-order valence-electron chi connectivity index (χ2n) is 18.8. The molecule has 0 aliphatic carbocycles. The fourth-order valence-corrected chi connectivity index (χ4v) is 7.94. The van der Waals surface area contributed by atoms with Crippen LogP contribution in [-0.4, -0.2) is 89.2 Å². The van der Waals surface area contributed by atoms with Crippen molar-refractivity contribution in [2.75, 3.05) is 13.2 Å². The SMILES string of the molecule is CC/C=C\C/C=C\C/C=C\C/C=C\CCC(=O)OC1C(OCC(COC(=O)CCCCCCCCC/C=C\CCCCCCCC)OC(=O)CCCCCCC/C=C\CCCC)OC(C(=O)O)C(O)C1O. The van der Waals surface area contributed by atoms with Crippen LogP contribution in [0.3, 0.4) is 0 Å². The van der Waals surface area contributed by atoms with Crippen molar-refractivity contribution in [3.63, 3.8) is 0 Å². The molecule has 0 aromatic carbocycles. The molecule has 71 heavy (non-hydrogen) atoms. The Bertz CT molecular complexity index is 1510. The number of rotatable bonds is 46. The minimum absolute atomic E-state index is 0.0633. The zero-order chi connectivity index (χ0) is 51.8. The molecule has 0 radical (unpaired) electrons. The number of allylic oxidation sites excluding steroid dienone is 12. The van der Waals surface area contributed by atoms with Gasteiger partial charge in [0.1, 0.15) is 18.8 Å². The lowest BCUT2D eigenvalue weighted by atomic mass is 9.98. The first-order valence-corrected chi connectivity index (χ1v) is 27.9. The van der Waals surface area contributed by atoms with Crippen LogP contribution in [0.1, 0.15) is 226 Å². The van der Waals surface area contributed by atoms with Gasteiger partial charge in [-0.15, -0.1) is 0 Å². The first kappa shape index (κ1) is 65.2. The minimum Gasteiger partial charge on any atom is -0.479 e. The lowest BCUT2D eigenvalue weighted by Gasteiger charge is -2.40. The van der Waals surface area contributed by atoms with Crippen molar-refractivity contribution >= 4 is 23.9 Å². The monoisotopic (exact) mass is 999 g/mol. The van der Waals surface area contributed by atoms with Gasteiger partial charge >= 0.3 is 23.9 Å². The molecule has 0 amide bonds. The molecule has 3 N–H and O–H groups in total. The van der Waals surface area contributed by atoms with E-state index >= 15 is 0 Å². The third-order valence-corrected chi connectivity index (χ3v) is 12.3. The summed E-state index contributed by atoms with van der Waals surface area (Å²) >= 11 is 0. The quantitative estimate of drug-likeness (QED) is 0.0228. The molecule has 0 bridgehead atoms. The standard InChI is InChI=1S/C59H98O12/c1-4-7-10-13-16-19-22-24-25-26-27-29-31-33-36-39-42-45-51(60)67-48-50(69-52(61)46-43-40-37-34-30-21-18-15-12-9-6-3)49-68-59-57(55(64)54(63)56(71-59)58(65)66)70-53(62)47-44-41-38-35-32-28-23-20-17-14-11-8-5-2/h8,11,15,17-18,20,24-25,28,32,38,41,50,54-57,59,63-64H,4-7,9-10,12-14,16,19,21-23,26-27,29-31,33-37,39-40,42-49H2,1-3H3,(H,65,66)/b11-8-,18-15-,20-17-,25-24-,32-28-,41-38-. The molecule has 1 aliphatic heterocycles. The van der Waals surface area contributed by atoms with Gasteiger partial charge in [-0.3, -0.25) is 14.4 Å². The maximum Gasteiger partial charge on any atom is 0.335 e. The van der Waals surface area contributed by atoms with Crippen LogP contribution in [0.15, 0.2) is 72.9 Å². The summed E-state index contributed by atoms with van der Waals surface area (Å²) < 4.78 is 28.2. The highest BCUT2D eigenvalue weighted by atomic mass is 16.7. The predicted molar refractivity (Wildman–Crippen MR) is 285 cm³/mol. The number of ether oxygens (including phenoxy) is 5. The van der Waals surface area contributed by atoms with Crippen LogP contribution in [0.25, 0.3) is 0 Å². The number of aliphatic carboxylic acids is 1. The summed E-state index contributed by atoms with van der Waals surface area (Å²) in [4.78, 5) is 50.9. The third-order valence-electron chi connectivity index (χ3n) is 12.3. The van der Waals surface area contributed by atoms with Gasteiger partial charge in [0.25, 0.3) is 0 Å². The molecular formula is C59H98O12. The van der Waals surface area contributed by atoms with Crippen molar-refractivity contribution < 1.29 is 58.2 Å². The molecule has 1 heterocycles. The Morgan fingerprint density at radius 1 is 0.479 bits per heavy atom. The van der Waals surface area contributed by atoms with Crippen molar-refractivity contribution in [1.82, 2.24) is 0 Å². The lowest BCUT2D eigenvalue weighted by molar-refractivity contribution is -0.301. The highest BCUT2D eigenvalue weighted by Crippen LogP contribution is 2.26. The van der Waals surface area contributed by atoms with E-state index in [1.54, 1.807) is 0 Å². The van der Waals surface area contributed by atoms with Crippen molar-refractivity contribution in [1.29, 1.82) is 0 Å². The Labute approximate surface area is 429 Å². The number of aliphatic hydroxyl groups excluding tert-OH is 2. The highest BCUT2D eigenvalue weighted by molar-refractivity contribution is 5.74. The average molecular weight is 999 g/mol. The number of carboxylic acids is 1. The third kappa shape index (κ3) is 37.6. The first-order chi connectivity index (χ1) is 34.6. The lowest BCUT2D eigenvalue weighted by Crippen LogP contribution is -2.61. The fourth-order valence-electron chi connectivity index (χ4n) is 7.94. The van der Waals surface area contributed by atoms with E-state index in [-0.39, 0.29) is 25.9 Å². The largest absolute Gasteiger partial charge is 0.479 e. The van der Waals surface area contributed by atoms with Crippen LogP contribution in [0, 0.1) is 0 Å². The normalized spacial score (nSPS) is 19.0. The van der Waals surface area contributed by atoms with Crippen LogP contribution in [0.4, 0.5) is 0 Å². The van der Waals surface area contributed by atoms with Crippen molar-refractivity contribution in [2.45, 2.75) is 263 Å². The van der Waals surface area contributed by atoms with Crippen molar-refractivity contribution in [2.24, 2.45) is 0 Å². The van der Waals surface area contributed by atoms with Gasteiger partial charge in [-0.1, -0.05) is 190 Å². The van der Waals surface area contributed by atoms with Crippen LogP contribution in [0.2, 0.25) is 0 Å². The number of carboxylic acid groups (broad SMARTS) is 1. The zero-order valence-electron chi connectivity index (χ0n) is 44.4. The number of hydrogen-bond acceptors (Lipinski definition) is 11. The minimum atomic E-state index is -1.93. The smallest absolute Gasteiger partial charge is 0.335 e. The first-order valence-electron chi connectivity index (χ1n) is 27.9. The van der Waals surface area contributed by atoms with Gasteiger partial charge in [0.2, 0.25) is 0 Å². The number of unbranched alkanes of at least 4 members (excludes halogenated alkanes) is 20. The van der Waals surface area contributed by atoms with E-state index in [9.17, 15) is 34.5 Å². The Kier molecular flexibility index (Phi) is 43.3. The molecule has 0 aromatic rings. The van der Waals surface area contributed by atoms with Crippen LogP contribution >= 0.6 is 0 Å². The molecule has 1 aliphatic rings. The fraction of sp³-hybridized carbons (Fsp3) is 0.729. The van der Waals surface area contributed by atoms with E-state index in [4.69, 9.17) is 23.7 Å². The summed E-state index contributed by atoms with van der Waals surface area (Å²) in [5.41, 5.74) is 0. The Morgan fingerprint density at radius 2 is 0.930 bits per heavy atom. The molecular weight excluding hydrogens is 901 g/mol. The van der Waals surface area contributed by atoms with Gasteiger partial charge in [-0.25, -0.2) is 4.79 Å². The topological polar surface area (TPSA) is 175 Å². The average Bonchev–Trinajstić information content (AvgIpc) is 3.35. The Balaban J connectivity index is 2.73. The van der Waals surface area contributed by atoms with Crippen LogP contribution < -0.4 is 0 Å². The maximum atomic E-state index is 13.1. The number of aliphatic hydroxyl groups is 2. The van der Waals surface area contributed by atoms with E-state index in [2.05, 4.69) is 75.5 Å². The van der Waals surface area contributed by atoms with Gasteiger partial charge in [-0.05, 0) is 89.9 Å². The number of hydrogen-bond donors (Lipinski definition) is 3. The molecule has 6 unspecified atom stereocenters. The summed E-state index contributed by atoms with van der Waals surface area (Å²) in [5.74, 6) is -3.24. The van der Waals surface area contributed by atoms with E-state index in [0.717, 1.165) is 83.5 Å². The molecule has 1 rings (SSSR count). The van der Waals surface area contributed by atoms with Gasteiger partial charge < -0.3 is 39.0 Å². The molecule has 12 heteroatoms. The summed E-state index contributed by atoms with van der Waals surface area (Å²) in [7, 11) is 0. The van der Waals surface area contributed by atoms with Crippen molar-refractivity contribution in [3.8, 4) is 0 Å². The second kappa shape index (κ2) is 47.2. The summed E-state index contributed by atoms with van der Waals surface area (Å²) in [6.45, 7) is 5.77. The number of carbonyl (C=O) groups is 4. The van der Waals surface area contributed by atoms with Gasteiger partial charge in [0.15, 0.2) is 24.6 Å². The molecule has 0 aromatic heterocycles. The van der Waals surface area contributed by atoms with Crippen LogP contribution in [-0.2, 0) is 42.9 Å². The highest BCUT2D eigenvalue weighted by Gasteiger charge is 2.50. The molecule has 0 saturated carbocycles. The molecule has 406 valence electrons. The zero-order valence-corrected chi connectivity index (χ0v) is 44.4. The summed E-state index contributed by atoms with van der Waals surface area (Å²) in [6, 6.07) is 0. The maximum absolute atomic E-state index is 13.1. The Morgan fingerprint density at radius 3 is 1.45 bits per heavy atom. The van der Waals surface area contributed by atoms with E-state index in [0.29, 0.717) is 25.7 Å². The molecule has 1 saturated heterocycles. The van der Waals surface area contributed by atoms with Gasteiger partial charge in [-0.2, -0.15) is 0 Å². The summed E-state index contributed by atoms with van der Waals surface area (Å²) in [6.07, 6.45) is 46.2. The molecule has 12 nitrogen and oxygen atoms in total. The predicted octanol–water partition coefficient (Wildman–Crippen LogP) is 13.8. The number of carbonyl (C=O) groups excluding carboxylic acids is 3. The van der Waals surface area contributed by atoms with Gasteiger partial charge in [0.05, 0.1) is 6.61 Å². The Hall–Kier alpha value is -3.84. The van der Waals surface area contributed by atoms with E-state index < -0.39 is 67.3 Å². The van der Waals surface area contributed by atoms with Crippen LogP contribution in [0.5, 0.6) is 0 Å². The van der Waals surface area contributed by atoms with E-state index in [1.807, 2.05) is 18.2 Å². The van der Waals surface area contributed by atoms with E-state index in [1.165, 1.54) is 77.0 Å². The van der Waals surface area contributed by atoms with Crippen molar-refractivity contribution in [3.05, 3.63) is 72.9 Å². The second-order valence-corrected chi connectivity index (χ2v) is 18.8.